The number of hydrogen-bond acceptors (Lipinski definition) is 5. The van der Waals surface area contributed by atoms with Crippen LogP contribution in [0.2, 0.25) is 0 Å². The molecule has 0 bridgehead atoms. The summed E-state index contributed by atoms with van der Waals surface area (Å²) in [7, 11) is 0. The number of rotatable bonds is 3. The van der Waals surface area contributed by atoms with Crippen LogP contribution in [0.5, 0.6) is 0 Å². The number of para-hydroxylation sites is 1. The third kappa shape index (κ3) is 2.49. The Balaban J connectivity index is 1.70. The molecule has 4 heterocycles. The predicted molar refractivity (Wildman–Crippen MR) is 118 cm³/mol. The molecule has 6 rings (SSSR count). The van der Waals surface area contributed by atoms with Crippen LogP contribution in [0, 0.1) is 5.82 Å². The molecule has 0 N–H and O–H groups in total. The number of likely N-dealkylation sites (N-methyl/N-ethyl adjacent to an activating group) is 1. The summed E-state index contributed by atoms with van der Waals surface area (Å²) >= 11 is 0. The second kappa shape index (κ2) is 6.99. The van der Waals surface area contributed by atoms with Crippen molar-refractivity contribution in [1.29, 1.82) is 0 Å². The number of anilines is 1. The molecule has 7 nitrogen and oxygen atoms in total. The molecule has 1 saturated heterocycles. The second-order valence-corrected chi connectivity index (χ2v) is 8.60. The standard InChI is InChI=1S/C25H21FN2O5/c1-2-27-18-8-4-3-7-17(18)25(24(27)31)20-21(29)16-12-14(26)9-10-19(16)33-22(20)23(30)28(25)13-15-6-5-11-32-15/h3-4,7-10,12,15H,2,5-6,11,13H2,1H3/t15-,25+/m1/s1. The zero-order valence-corrected chi connectivity index (χ0v) is 18.0. The maximum Gasteiger partial charge on any atom is 0.291 e. The van der Waals surface area contributed by atoms with Crippen molar-refractivity contribution in [1.82, 2.24) is 4.90 Å². The summed E-state index contributed by atoms with van der Waals surface area (Å²) in [6.07, 6.45) is 1.36. The van der Waals surface area contributed by atoms with E-state index in [4.69, 9.17) is 9.15 Å². The maximum absolute atomic E-state index is 14.1. The molecule has 168 valence electrons. The summed E-state index contributed by atoms with van der Waals surface area (Å²) in [5.41, 5.74) is -1.00. The van der Waals surface area contributed by atoms with Gasteiger partial charge in [-0.2, -0.15) is 0 Å². The Hall–Kier alpha value is -3.52. The van der Waals surface area contributed by atoms with Gasteiger partial charge in [0.25, 0.3) is 11.8 Å². The molecular weight excluding hydrogens is 427 g/mol. The van der Waals surface area contributed by atoms with Crippen LogP contribution < -0.4 is 10.3 Å². The molecule has 0 unspecified atom stereocenters. The van der Waals surface area contributed by atoms with Gasteiger partial charge in [0.1, 0.15) is 11.4 Å². The summed E-state index contributed by atoms with van der Waals surface area (Å²) < 4.78 is 25.7. The van der Waals surface area contributed by atoms with Crippen molar-refractivity contribution in [2.75, 3.05) is 24.6 Å². The lowest BCUT2D eigenvalue weighted by molar-refractivity contribution is -0.126. The highest BCUT2D eigenvalue weighted by atomic mass is 19.1. The van der Waals surface area contributed by atoms with Gasteiger partial charge in [-0.05, 0) is 44.0 Å². The number of fused-ring (bicyclic) bond motifs is 5. The normalized spacial score (nSPS) is 23.8. The van der Waals surface area contributed by atoms with Crippen LogP contribution in [0.4, 0.5) is 10.1 Å². The molecule has 0 saturated carbocycles. The van der Waals surface area contributed by atoms with E-state index >= 15 is 0 Å². The summed E-state index contributed by atoms with van der Waals surface area (Å²) in [4.78, 5) is 44.7. The van der Waals surface area contributed by atoms with Crippen LogP contribution >= 0.6 is 0 Å². The van der Waals surface area contributed by atoms with Gasteiger partial charge in [0, 0.05) is 25.3 Å². The first-order chi connectivity index (χ1) is 16.0. The summed E-state index contributed by atoms with van der Waals surface area (Å²) in [6, 6.07) is 10.8. The van der Waals surface area contributed by atoms with Gasteiger partial charge in [-0.15, -0.1) is 0 Å². The minimum absolute atomic E-state index is 0.000112. The van der Waals surface area contributed by atoms with Crippen molar-refractivity contribution in [2.45, 2.75) is 31.4 Å². The molecule has 0 radical (unpaired) electrons. The molecule has 3 aliphatic rings. The van der Waals surface area contributed by atoms with E-state index in [-0.39, 0.29) is 40.8 Å². The average Bonchev–Trinajstić information content (AvgIpc) is 3.48. The quantitative estimate of drug-likeness (QED) is 0.615. The number of halogens is 1. The van der Waals surface area contributed by atoms with E-state index in [0.717, 1.165) is 18.9 Å². The zero-order chi connectivity index (χ0) is 22.9. The fourth-order valence-electron chi connectivity index (χ4n) is 5.52. The Kier molecular flexibility index (Phi) is 4.26. The molecule has 2 aromatic carbocycles. The maximum atomic E-state index is 14.1. The van der Waals surface area contributed by atoms with Crippen molar-refractivity contribution >= 4 is 28.5 Å². The van der Waals surface area contributed by atoms with Crippen molar-refractivity contribution in [2.24, 2.45) is 0 Å². The van der Waals surface area contributed by atoms with Crippen molar-refractivity contribution in [3.05, 3.63) is 75.4 Å². The smallest absolute Gasteiger partial charge is 0.291 e. The van der Waals surface area contributed by atoms with E-state index in [1.807, 2.05) is 13.0 Å². The van der Waals surface area contributed by atoms with E-state index in [9.17, 15) is 18.8 Å². The average molecular weight is 448 g/mol. The number of benzene rings is 2. The van der Waals surface area contributed by atoms with Crippen LogP contribution in [0.25, 0.3) is 11.0 Å². The first-order valence-corrected chi connectivity index (χ1v) is 11.1. The molecule has 2 amide bonds. The largest absolute Gasteiger partial charge is 0.450 e. The highest BCUT2D eigenvalue weighted by molar-refractivity contribution is 6.17. The van der Waals surface area contributed by atoms with Crippen LogP contribution in [-0.4, -0.2) is 42.5 Å². The van der Waals surface area contributed by atoms with Crippen molar-refractivity contribution < 1.29 is 23.1 Å². The first kappa shape index (κ1) is 20.1. The molecule has 3 aromatic rings. The molecule has 8 heteroatoms. The van der Waals surface area contributed by atoms with E-state index in [1.165, 1.54) is 17.0 Å². The second-order valence-electron chi connectivity index (χ2n) is 8.60. The highest BCUT2D eigenvalue weighted by Gasteiger charge is 2.65. The number of nitrogens with zero attached hydrogens (tertiary/aromatic N) is 2. The Bertz CT molecular complexity index is 1390. The molecule has 0 aliphatic carbocycles. The van der Waals surface area contributed by atoms with Gasteiger partial charge in [0.15, 0.2) is 11.0 Å². The number of hydrogen-bond donors (Lipinski definition) is 0. The number of ether oxygens (including phenoxy) is 1. The fourth-order valence-corrected chi connectivity index (χ4v) is 5.52. The van der Waals surface area contributed by atoms with Gasteiger partial charge in [-0.1, -0.05) is 18.2 Å². The summed E-state index contributed by atoms with van der Waals surface area (Å²) in [5, 5.41) is 0.000112. The Morgan fingerprint density at radius 2 is 1.97 bits per heavy atom. The van der Waals surface area contributed by atoms with E-state index < -0.39 is 22.7 Å². The van der Waals surface area contributed by atoms with Crippen LogP contribution in [0.3, 0.4) is 0 Å². The lowest BCUT2D eigenvalue weighted by Crippen LogP contribution is -2.55. The fraction of sp³-hybridized carbons (Fsp3) is 0.320. The van der Waals surface area contributed by atoms with Gasteiger partial charge >= 0.3 is 0 Å². The topological polar surface area (TPSA) is 80.1 Å². The SMILES string of the molecule is CCN1C(=O)[C@]2(c3ccccc31)c1c(oc3ccc(F)cc3c1=O)C(=O)N2C[C@H]1CCCO1. The first-order valence-electron chi connectivity index (χ1n) is 11.1. The number of carbonyl (C=O) groups is 2. The van der Waals surface area contributed by atoms with Gasteiger partial charge in [-0.25, -0.2) is 4.39 Å². The Morgan fingerprint density at radius 3 is 2.73 bits per heavy atom. The van der Waals surface area contributed by atoms with E-state index in [1.54, 1.807) is 23.1 Å². The van der Waals surface area contributed by atoms with Crippen LogP contribution in [0.1, 0.15) is 41.4 Å². The minimum atomic E-state index is -1.67. The summed E-state index contributed by atoms with van der Waals surface area (Å²) in [6.45, 7) is 2.93. The van der Waals surface area contributed by atoms with Crippen molar-refractivity contribution in [3.8, 4) is 0 Å². The number of amides is 2. The zero-order valence-electron chi connectivity index (χ0n) is 18.0. The van der Waals surface area contributed by atoms with Gasteiger partial charge in [-0.3, -0.25) is 14.4 Å². The van der Waals surface area contributed by atoms with Crippen molar-refractivity contribution in [3.63, 3.8) is 0 Å². The van der Waals surface area contributed by atoms with E-state index in [2.05, 4.69) is 0 Å². The molecule has 1 fully saturated rings. The lowest BCUT2D eigenvalue weighted by atomic mass is 9.83. The minimum Gasteiger partial charge on any atom is -0.450 e. The van der Waals surface area contributed by atoms with Gasteiger partial charge in [0.2, 0.25) is 5.76 Å². The molecule has 1 aromatic heterocycles. The van der Waals surface area contributed by atoms with Crippen LogP contribution in [-0.2, 0) is 15.1 Å². The summed E-state index contributed by atoms with van der Waals surface area (Å²) in [5.74, 6) is -1.69. The Labute approximate surface area is 188 Å². The lowest BCUT2D eigenvalue weighted by Gasteiger charge is -2.35. The van der Waals surface area contributed by atoms with Crippen LogP contribution in [0.15, 0.2) is 51.7 Å². The number of carbonyl (C=O) groups excluding carboxylic acids is 2. The van der Waals surface area contributed by atoms with Gasteiger partial charge in [0.05, 0.1) is 22.7 Å². The van der Waals surface area contributed by atoms with Gasteiger partial charge < -0.3 is 19.0 Å². The van der Waals surface area contributed by atoms with E-state index in [0.29, 0.717) is 24.4 Å². The highest BCUT2D eigenvalue weighted by Crippen LogP contribution is 2.52. The molecule has 3 aliphatic heterocycles. The third-order valence-corrected chi connectivity index (χ3v) is 6.92. The molecule has 2 atom stereocenters. The monoisotopic (exact) mass is 448 g/mol. The molecule has 1 spiro atoms. The Morgan fingerprint density at radius 1 is 1.15 bits per heavy atom. The molecule has 33 heavy (non-hydrogen) atoms. The third-order valence-electron chi connectivity index (χ3n) is 6.92. The molecular formula is C25H21FN2O5. The predicted octanol–water partition coefficient (Wildman–Crippen LogP) is 3.18.